The number of thioether (sulfide) groups is 1. The van der Waals surface area contributed by atoms with E-state index in [-0.39, 0.29) is 22.5 Å². The molecule has 4 nitrogen and oxygen atoms in total. The predicted molar refractivity (Wildman–Crippen MR) is 68.9 cm³/mol. The van der Waals surface area contributed by atoms with Gasteiger partial charge in [-0.25, -0.2) is 0 Å². The Kier molecular flexibility index (Phi) is 5.31. The summed E-state index contributed by atoms with van der Waals surface area (Å²) in [4.78, 5) is 22.8. The monoisotopic (exact) mass is 259 g/mol. The van der Waals surface area contributed by atoms with Crippen LogP contribution in [0.2, 0.25) is 0 Å². The summed E-state index contributed by atoms with van der Waals surface area (Å²) in [5.74, 6) is 0.792. The molecule has 5 heteroatoms. The Bertz CT molecular complexity index is 289. The average Bonchev–Trinajstić information content (AvgIpc) is 3.06. The molecule has 0 bridgehead atoms. The summed E-state index contributed by atoms with van der Waals surface area (Å²) < 4.78 is 4.69. The minimum absolute atomic E-state index is 0.0509. The Balaban J connectivity index is 2.30. The van der Waals surface area contributed by atoms with E-state index in [9.17, 15) is 9.59 Å². The zero-order valence-corrected chi connectivity index (χ0v) is 11.6. The first-order valence-corrected chi connectivity index (χ1v) is 7.04. The van der Waals surface area contributed by atoms with Crippen molar-refractivity contribution < 1.29 is 14.3 Å². The molecule has 0 aromatic carbocycles. The van der Waals surface area contributed by atoms with Crippen molar-refractivity contribution in [3.05, 3.63) is 0 Å². The van der Waals surface area contributed by atoms with E-state index in [1.54, 1.807) is 11.8 Å². The maximum Gasteiger partial charge on any atom is 0.306 e. The number of esters is 1. The van der Waals surface area contributed by atoms with Gasteiger partial charge in [-0.2, -0.15) is 0 Å². The molecule has 1 fully saturated rings. The third-order valence-corrected chi connectivity index (χ3v) is 4.56. The first-order valence-electron chi connectivity index (χ1n) is 5.99. The molecule has 0 aromatic heterocycles. The highest BCUT2D eigenvalue weighted by atomic mass is 32.2. The fourth-order valence-electron chi connectivity index (χ4n) is 1.62. The summed E-state index contributed by atoms with van der Waals surface area (Å²) in [5, 5.41) is 2.75. The SMILES string of the molecule is CCNC(=O)C(C)SCC1(CC(=O)OC)CC1. The van der Waals surface area contributed by atoms with Crippen LogP contribution >= 0.6 is 11.8 Å². The second kappa shape index (κ2) is 6.28. The van der Waals surface area contributed by atoms with Crippen molar-refractivity contribution in [2.45, 2.75) is 38.4 Å². The lowest BCUT2D eigenvalue weighted by Crippen LogP contribution is -2.31. The average molecular weight is 259 g/mol. The molecule has 1 atom stereocenters. The summed E-state index contributed by atoms with van der Waals surface area (Å²) in [5.41, 5.74) is 0.0957. The van der Waals surface area contributed by atoms with Crippen LogP contribution in [-0.4, -0.2) is 36.5 Å². The second-order valence-electron chi connectivity index (χ2n) is 4.60. The van der Waals surface area contributed by atoms with Crippen molar-refractivity contribution in [3.63, 3.8) is 0 Å². The van der Waals surface area contributed by atoms with Crippen molar-refractivity contribution in [2.24, 2.45) is 5.41 Å². The summed E-state index contributed by atoms with van der Waals surface area (Å²) in [6, 6.07) is 0. The standard InChI is InChI=1S/C12H21NO3S/c1-4-13-11(15)9(2)17-8-12(5-6-12)7-10(14)16-3/h9H,4-8H2,1-3H3,(H,13,15). The van der Waals surface area contributed by atoms with Crippen LogP contribution in [0.3, 0.4) is 0 Å². The van der Waals surface area contributed by atoms with Gasteiger partial charge in [0.05, 0.1) is 18.8 Å². The Morgan fingerprint density at radius 3 is 2.59 bits per heavy atom. The Hall–Kier alpha value is -0.710. The van der Waals surface area contributed by atoms with Crippen LogP contribution in [-0.2, 0) is 14.3 Å². The van der Waals surface area contributed by atoms with Crippen molar-refractivity contribution >= 4 is 23.6 Å². The first kappa shape index (κ1) is 14.4. The van der Waals surface area contributed by atoms with Crippen LogP contribution in [0.5, 0.6) is 0 Å². The lowest BCUT2D eigenvalue weighted by Gasteiger charge is -2.16. The molecule has 1 unspecified atom stereocenters. The van der Waals surface area contributed by atoms with Gasteiger partial charge in [0, 0.05) is 12.3 Å². The molecular weight excluding hydrogens is 238 g/mol. The van der Waals surface area contributed by atoms with E-state index in [0.717, 1.165) is 18.6 Å². The third-order valence-electron chi connectivity index (χ3n) is 3.06. The normalized spacial score (nSPS) is 18.3. The molecule has 0 spiro atoms. The zero-order chi connectivity index (χ0) is 12.9. The van der Waals surface area contributed by atoms with Gasteiger partial charge in [-0.05, 0) is 32.1 Å². The number of hydrogen-bond acceptors (Lipinski definition) is 4. The summed E-state index contributed by atoms with van der Waals surface area (Å²) in [7, 11) is 1.42. The topological polar surface area (TPSA) is 55.4 Å². The largest absolute Gasteiger partial charge is 0.469 e. The zero-order valence-electron chi connectivity index (χ0n) is 10.7. The van der Waals surface area contributed by atoms with Crippen LogP contribution in [0.15, 0.2) is 0 Å². The van der Waals surface area contributed by atoms with Gasteiger partial charge >= 0.3 is 5.97 Å². The molecule has 0 aromatic rings. The van der Waals surface area contributed by atoms with E-state index >= 15 is 0 Å². The number of ether oxygens (including phenoxy) is 1. The molecule has 1 aliphatic rings. The molecule has 0 radical (unpaired) electrons. The molecule has 1 rings (SSSR count). The fourth-order valence-corrected chi connectivity index (χ4v) is 2.85. The molecule has 0 heterocycles. The number of carbonyl (C=O) groups is 2. The maximum absolute atomic E-state index is 11.5. The molecule has 17 heavy (non-hydrogen) atoms. The first-order chi connectivity index (χ1) is 8.03. The highest BCUT2D eigenvalue weighted by Crippen LogP contribution is 2.51. The highest BCUT2D eigenvalue weighted by molar-refractivity contribution is 8.00. The minimum atomic E-state index is -0.145. The van der Waals surface area contributed by atoms with Crippen LogP contribution in [0.4, 0.5) is 0 Å². The molecule has 1 aliphatic carbocycles. The van der Waals surface area contributed by atoms with Crippen LogP contribution in [0.1, 0.15) is 33.1 Å². The van der Waals surface area contributed by atoms with Gasteiger partial charge in [-0.15, -0.1) is 11.8 Å². The summed E-state index contributed by atoms with van der Waals surface area (Å²) >= 11 is 1.63. The number of rotatable bonds is 7. The van der Waals surface area contributed by atoms with Gasteiger partial charge in [-0.3, -0.25) is 9.59 Å². The van der Waals surface area contributed by atoms with E-state index < -0.39 is 0 Å². The quantitative estimate of drug-likeness (QED) is 0.705. The van der Waals surface area contributed by atoms with E-state index in [1.807, 2.05) is 13.8 Å². The van der Waals surface area contributed by atoms with E-state index in [2.05, 4.69) is 5.32 Å². The number of nitrogens with one attached hydrogen (secondary N) is 1. The van der Waals surface area contributed by atoms with Gasteiger partial charge in [0.15, 0.2) is 0 Å². The van der Waals surface area contributed by atoms with Crippen molar-refractivity contribution in [1.29, 1.82) is 0 Å². The smallest absolute Gasteiger partial charge is 0.306 e. The minimum Gasteiger partial charge on any atom is -0.469 e. The van der Waals surface area contributed by atoms with Gasteiger partial charge in [-0.1, -0.05) is 0 Å². The van der Waals surface area contributed by atoms with Crippen LogP contribution < -0.4 is 5.32 Å². The molecule has 98 valence electrons. The van der Waals surface area contributed by atoms with Gasteiger partial charge in [0.25, 0.3) is 0 Å². The maximum atomic E-state index is 11.5. The fraction of sp³-hybridized carbons (Fsp3) is 0.833. The molecule has 1 amide bonds. The molecule has 0 saturated heterocycles. The van der Waals surface area contributed by atoms with Gasteiger partial charge in [0.2, 0.25) is 5.91 Å². The molecule has 1 saturated carbocycles. The van der Waals surface area contributed by atoms with E-state index in [0.29, 0.717) is 13.0 Å². The Morgan fingerprint density at radius 2 is 2.12 bits per heavy atom. The van der Waals surface area contributed by atoms with Crippen molar-refractivity contribution in [2.75, 3.05) is 19.4 Å². The second-order valence-corrected chi connectivity index (χ2v) is 5.93. The Morgan fingerprint density at radius 1 is 1.47 bits per heavy atom. The van der Waals surface area contributed by atoms with Crippen molar-refractivity contribution in [3.8, 4) is 0 Å². The number of methoxy groups -OCH3 is 1. The molecule has 0 aliphatic heterocycles. The third kappa shape index (κ3) is 4.58. The number of carbonyl (C=O) groups excluding carboxylic acids is 2. The van der Waals surface area contributed by atoms with Crippen LogP contribution in [0.25, 0.3) is 0 Å². The van der Waals surface area contributed by atoms with Gasteiger partial charge < -0.3 is 10.1 Å². The summed E-state index contributed by atoms with van der Waals surface area (Å²) in [6.45, 7) is 4.48. The van der Waals surface area contributed by atoms with Gasteiger partial charge in [0.1, 0.15) is 0 Å². The molecular formula is C12H21NO3S. The van der Waals surface area contributed by atoms with Crippen LogP contribution in [0, 0.1) is 5.41 Å². The van der Waals surface area contributed by atoms with E-state index in [1.165, 1.54) is 7.11 Å². The van der Waals surface area contributed by atoms with Crippen molar-refractivity contribution in [1.82, 2.24) is 5.32 Å². The lowest BCUT2D eigenvalue weighted by molar-refractivity contribution is -0.141. The molecule has 1 N–H and O–H groups in total. The number of hydrogen-bond donors (Lipinski definition) is 1. The number of amides is 1. The summed E-state index contributed by atoms with van der Waals surface area (Å²) in [6.07, 6.45) is 2.62. The van der Waals surface area contributed by atoms with E-state index in [4.69, 9.17) is 4.74 Å². The lowest BCUT2D eigenvalue weighted by atomic mass is 10.1. The Labute approximate surface area is 107 Å². The highest BCUT2D eigenvalue weighted by Gasteiger charge is 2.44. The predicted octanol–water partition coefficient (Wildman–Crippen LogP) is 1.59.